The van der Waals surface area contributed by atoms with E-state index in [0.717, 1.165) is 71.4 Å². The molecule has 182 valence electrons. The van der Waals surface area contributed by atoms with Gasteiger partial charge in [-0.15, -0.1) is 0 Å². The molecule has 2 aliphatic carbocycles. The molecule has 0 spiro atoms. The minimum absolute atomic E-state index is 0.00834. The lowest BCUT2D eigenvalue weighted by Crippen LogP contribution is -2.25. The largest absolute Gasteiger partial charge is 0.425 e. The van der Waals surface area contributed by atoms with E-state index >= 15 is 0 Å². The Bertz CT molecular complexity index is 951. The zero-order valence-corrected chi connectivity index (χ0v) is 23.0. The zero-order valence-electron chi connectivity index (χ0n) is 19.8. The van der Waals surface area contributed by atoms with E-state index in [4.69, 9.17) is 9.47 Å². The molecule has 2 fully saturated rings. The number of carbonyl (C=O) groups is 2. The fourth-order valence-corrected chi connectivity index (χ4v) is 5.82. The summed E-state index contributed by atoms with van der Waals surface area (Å²) in [7, 11) is 0. The minimum atomic E-state index is -0.137. The predicted octanol–water partition coefficient (Wildman–Crippen LogP) is 8.34. The second kappa shape index (κ2) is 11.4. The van der Waals surface area contributed by atoms with Gasteiger partial charge >= 0.3 is 11.9 Å². The molecule has 0 unspecified atom stereocenters. The van der Waals surface area contributed by atoms with E-state index in [-0.39, 0.29) is 23.8 Å². The van der Waals surface area contributed by atoms with Gasteiger partial charge < -0.3 is 9.47 Å². The van der Waals surface area contributed by atoms with E-state index in [1.54, 1.807) is 0 Å². The zero-order chi connectivity index (χ0) is 24.2. The van der Waals surface area contributed by atoms with Gasteiger partial charge in [-0.3, -0.25) is 9.59 Å². The van der Waals surface area contributed by atoms with E-state index in [1.807, 2.05) is 36.4 Å². The van der Waals surface area contributed by atoms with Gasteiger partial charge in [-0.25, -0.2) is 0 Å². The summed E-state index contributed by atoms with van der Waals surface area (Å²) in [6.07, 6.45) is 7.95. The second-order valence-electron chi connectivity index (χ2n) is 10.0. The number of hydrogen-bond acceptors (Lipinski definition) is 4. The van der Waals surface area contributed by atoms with Gasteiger partial charge in [0.15, 0.2) is 0 Å². The van der Waals surface area contributed by atoms with Gasteiger partial charge in [-0.1, -0.05) is 26.0 Å². The first-order chi connectivity index (χ1) is 16.3. The van der Waals surface area contributed by atoms with Crippen molar-refractivity contribution < 1.29 is 19.1 Å². The Morgan fingerprint density at radius 1 is 0.647 bits per heavy atom. The Hall–Kier alpha value is -1.66. The third-order valence-corrected chi connectivity index (χ3v) is 8.56. The van der Waals surface area contributed by atoms with Crippen LogP contribution in [0.15, 0.2) is 45.3 Å². The van der Waals surface area contributed by atoms with Crippen molar-refractivity contribution >= 4 is 43.8 Å². The van der Waals surface area contributed by atoms with Crippen LogP contribution in [0.5, 0.6) is 11.5 Å². The van der Waals surface area contributed by atoms with Crippen LogP contribution in [-0.4, -0.2) is 11.9 Å². The fourth-order valence-electron chi connectivity index (χ4n) is 4.90. The SMILES string of the molecule is CC1CCC(C(=O)Oc2ccc(-c3ccc(OC(=O)C4CCC(C)CC4)c(Br)c3)cc2Br)CC1. The highest BCUT2D eigenvalue weighted by Crippen LogP contribution is 2.37. The van der Waals surface area contributed by atoms with Crippen LogP contribution in [0.2, 0.25) is 0 Å². The van der Waals surface area contributed by atoms with E-state index in [0.29, 0.717) is 23.3 Å². The topological polar surface area (TPSA) is 52.6 Å². The van der Waals surface area contributed by atoms with Crippen molar-refractivity contribution in [3.63, 3.8) is 0 Å². The molecule has 0 aromatic heterocycles. The molecule has 4 nitrogen and oxygen atoms in total. The summed E-state index contributed by atoms with van der Waals surface area (Å²) in [5, 5.41) is 0. The molecule has 6 heteroatoms. The summed E-state index contributed by atoms with van der Waals surface area (Å²) in [6, 6.07) is 11.4. The smallest absolute Gasteiger partial charge is 0.314 e. The lowest BCUT2D eigenvalue weighted by molar-refractivity contribution is -0.141. The lowest BCUT2D eigenvalue weighted by atomic mass is 9.83. The van der Waals surface area contributed by atoms with Crippen LogP contribution < -0.4 is 9.47 Å². The van der Waals surface area contributed by atoms with Gasteiger partial charge in [0, 0.05) is 0 Å². The lowest BCUT2D eigenvalue weighted by Gasteiger charge is -2.24. The summed E-state index contributed by atoms with van der Waals surface area (Å²) in [4.78, 5) is 25.2. The van der Waals surface area contributed by atoms with E-state index in [9.17, 15) is 9.59 Å². The van der Waals surface area contributed by atoms with Crippen LogP contribution >= 0.6 is 31.9 Å². The fraction of sp³-hybridized carbons (Fsp3) is 0.500. The Labute approximate surface area is 219 Å². The van der Waals surface area contributed by atoms with Gasteiger partial charge in [0.25, 0.3) is 0 Å². The summed E-state index contributed by atoms with van der Waals surface area (Å²) in [5.41, 5.74) is 1.94. The van der Waals surface area contributed by atoms with Crippen LogP contribution in [0, 0.1) is 23.7 Å². The molecule has 2 saturated carbocycles. The molecular formula is C28H32Br2O4. The standard InChI is InChI=1S/C28H32Br2O4/c1-17-3-7-19(8-4-17)27(31)33-25-13-11-21(15-23(25)29)22-12-14-26(24(30)16-22)34-28(32)20-9-5-18(2)6-10-20/h11-20H,3-10H2,1-2H3. The molecular weight excluding hydrogens is 560 g/mol. The number of hydrogen-bond donors (Lipinski definition) is 0. The van der Waals surface area contributed by atoms with E-state index in [2.05, 4.69) is 45.7 Å². The van der Waals surface area contributed by atoms with Gasteiger partial charge in [-0.05, 0) is 130 Å². The molecule has 2 aliphatic rings. The molecule has 2 aromatic rings. The maximum atomic E-state index is 12.6. The Morgan fingerprint density at radius 2 is 1.00 bits per heavy atom. The number of benzene rings is 2. The Morgan fingerprint density at radius 3 is 1.32 bits per heavy atom. The Balaban J connectivity index is 1.40. The average Bonchev–Trinajstić information content (AvgIpc) is 2.82. The van der Waals surface area contributed by atoms with Crippen molar-refractivity contribution in [1.29, 1.82) is 0 Å². The normalized spacial score (nSPS) is 24.9. The van der Waals surface area contributed by atoms with E-state index < -0.39 is 0 Å². The number of rotatable bonds is 5. The summed E-state index contributed by atoms with van der Waals surface area (Å²) in [6.45, 7) is 4.48. The summed E-state index contributed by atoms with van der Waals surface area (Å²) in [5.74, 6) is 2.18. The van der Waals surface area contributed by atoms with Crippen LogP contribution in [-0.2, 0) is 9.59 Å². The molecule has 0 atom stereocenters. The molecule has 2 aromatic carbocycles. The van der Waals surface area contributed by atoms with Crippen molar-refractivity contribution in [2.75, 3.05) is 0 Å². The maximum absolute atomic E-state index is 12.6. The number of esters is 2. The van der Waals surface area contributed by atoms with Gasteiger partial charge in [0.05, 0.1) is 20.8 Å². The molecule has 0 saturated heterocycles. The molecule has 0 aliphatic heterocycles. The predicted molar refractivity (Wildman–Crippen MR) is 141 cm³/mol. The van der Waals surface area contributed by atoms with Gasteiger partial charge in [0.1, 0.15) is 11.5 Å². The molecule has 0 bridgehead atoms. The van der Waals surface area contributed by atoms with Crippen LogP contribution in [0.1, 0.15) is 65.2 Å². The molecule has 34 heavy (non-hydrogen) atoms. The third-order valence-electron chi connectivity index (χ3n) is 7.32. The van der Waals surface area contributed by atoms with Crippen molar-refractivity contribution in [2.24, 2.45) is 23.7 Å². The molecule has 0 N–H and O–H groups in total. The first-order valence-electron chi connectivity index (χ1n) is 12.3. The molecule has 0 heterocycles. The van der Waals surface area contributed by atoms with Crippen molar-refractivity contribution in [3.8, 4) is 22.6 Å². The van der Waals surface area contributed by atoms with Crippen LogP contribution in [0.4, 0.5) is 0 Å². The first kappa shape index (κ1) is 25.4. The third kappa shape index (κ3) is 6.31. The van der Waals surface area contributed by atoms with Gasteiger partial charge in [-0.2, -0.15) is 0 Å². The van der Waals surface area contributed by atoms with Crippen LogP contribution in [0.25, 0.3) is 11.1 Å². The maximum Gasteiger partial charge on any atom is 0.314 e. The highest BCUT2D eigenvalue weighted by Gasteiger charge is 2.27. The number of ether oxygens (including phenoxy) is 2. The van der Waals surface area contributed by atoms with Crippen molar-refractivity contribution in [2.45, 2.75) is 65.2 Å². The summed E-state index contributed by atoms with van der Waals surface area (Å²) >= 11 is 7.12. The van der Waals surface area contributed by atoms with Crippen LogP contribution in [0.3, 0.4) is 0 Å². The number of halogens is 2. The molecule has 4 rings (SSSR count). The highest BCUT2D eigenvalue weighted by molar-refractivity contribution is 9.11. The monoisotopic (exact) mass is 590 g/mol. The summed E-state index contributed by atoms with van der Waals surface area (Å²) < 4.78 is 12.9. The minimum Gasteiger partial charge on any atom is -0.425 e. The molecule has 0 radical (unpaired) electrons. The number of carbonyl (C=O) groups excluding carboxylic acids is 2. The average molecular weight is 592 g/mol. The van der Waals surface area contributed by atoms with Crippen molar-refractivity contribution in [1.82, 2.24) is 0 Å². The first-order valence-corrected chi connectivity index (χ1v) is 13.9. The molecule has 0 amide bonds. The Kier molecular flexibility index (Phi) is 8.52. The van der Waals surface area contributed by atoms with E-state index in [1.165, 1.54) is 0 Å². The second-order valence-corrected chi connectivity index (χ2v) is 11.8. The van der Waals surface area contributed by atoms with Crippen molar-refractivity contribution in [3.05, 3.63) is 45.3 Å². The van der Waals surface area contributed by atoms with Gasteiger partial charge in [0.2, 0.25) is 0 Å². The highest BCUT2D eigenvalue weighted by atomic mass is 79.9. The quantitative estimate of drug-likeness (QED) is 0.259.